The van der Waals surface area contributed by atoms with Crippen LogP contribution in [0.3, 0.4) is 0 Å². The minimum Gasteiger partial charge on any atom is -0.406 e. The predicted octanol–water partition coefficient (Wildman–Crippen LogP) is 3.89. The van der Waals surface area contributed by atoms with Crippen molar-refractivity contribution in [3.63, 3.8) is 0 Å². The summed E-state index contributed by atoms with van der Waals surface area (Å²) in [6.45, 7) is 5.48. The molecular weight excluding hydrogens is 479 g/mol. The molecule has 1 aliphatic heterocycles. The number of halogens is 3. The molecule has 2 aromatic carbocycles. The number of allylic oxidation sites excluding steroid dienone is 1. The minimum atomic E-state index is -4.80. The third kappa shape index (κ3) is 5.65. The number of carbonyl (C=O) groups excluding carboxylic acids is 2. The molecule has 0 unspecified atom stereocenters. The summed E-state index contributed by atoms with van der Waals surface area (Å²) in [6.07, 6.45) is -3.82. The molecular formula is C24H22F3N5O4. The summed E-state index contributed by atoms with van der Waals surface area (Å²) in [5, 5.41) is 8.10. The molecule has 1 atom stereocenters. The Morgan fingerprint density at radius 3 is 2.61 bits per heavy atom. The van der Waals surface area contributed by atoms with Gasteiger partial charge in [-0.1, -0.05) is 12.6 Å². The average molecular weight is 501 g/mol. The first-order valence-electron chi connectivity index (χ1n) is 10.9. The molecule has 0 aliphatic carbocycles. The summed E-state index contributed by atoms with van der Waals surface area (Å²) in [4.78, 5) is 42.4. The first kappa shape index (κ1) is 24.8. The smallest absolute Gasteiger partial charge is 0.406 e. The zero-order valence-electron chi connectivity index (χ0n) is 19.1. The van der Waals surface area contributed by atoms with Crippen LogP contribution in [0.15, 0.2) is 59.5 Å². The lowest BCUT2D eigenvalue weighted by molar-refractivity contribution is -0.274. The zero-order chi connectivity index (χ0) is 26.0. The highest BCUT2D eigenvalue weighted by atomic mass is 19.4. The van der Waals surface area contributed by atoms with Gasteiger partial charge in [0.2, 0.25) is 5.91 Å². The molecule has 1 aliphatic rings. The van der Waals surface area contributed by atoms with Crippen LogP contribution in [0.25, 0.3) is 10.9 Å². The van der Waals surface area contributed by atoms with Gasteiger partial charge in [0.25, 0.3) is 5.56 Å². The molecule has 9 nitrogen and oxygen atoms in total. The molecule has 3 amide bonds. The van der Waals surface area contributed by atoms with Crippen LogP contribution in [0.5, 0.6) is 5.75 Å². The van der Waals surface area contributed by atoms with Crippen molar-refractivity contribution in [3.05, 3.63) is 76.5 Å². The van der Waals surface area contributed by atoms with Crippen LogP contribution in [0, 0.1) is 6.92 Å². The molecule has 1 aromatic heterocycles. The highest BCUT2D eigenvalue weighted by molar-refractivity contribution is 5.89. The number of anilines is 1. The second kappa shape index (κ2) is 9.72. The molecule has 3 aromatic rings. The number of hydrogen-bond acceptors (Lipinski definition) is 5. The monoisotopic (exact) mass is 501 g/mol. The minimum absolute atomic E-state index is 0.0636. The van der Waals surface area contributed by atoms with Crippen molar-refractivity contribution in [2.24, 2.45) is 0 Å². The number of fused-ring (bicyclic) bond motifs is 1. The number of amides is 3. The van der Waals surface area contributed by atoms with Crippen molar-refractivity contribution < 1.29 is 27.5 Å². The highest BCUT2D eigenvalue weighted by Gasteiger charge is 2.31. The van der Waals surface area contributed by atoms with Gasteiger partial charge in [-0.15, -0.1) is 13.2 Å². The lowest BCUT2D eigenvalue weighted by atomic mass is 10.0. The molecule has 2 heterocycles. The maximum atomic E-state index is 13.3. The van der Waals surface area contributed by atoms with E-state index in [0.29, 0.717) is 40.8 Å². The molecule has 0 radical (unpaired) electrons. The SMILES string of the molecule is C=C1CC[C@@H](n2c(C)nc3ccc(CNC(=O)Nc4ccc(OC(F)(F)F)cc4)cc3c2=O)C(=O)N1. The number of aryl methyl sites for hydroxylation is 1. The summed E-state index contributed by atoms with van der Waals surface area (Å²) >= 11 is 0. The van der Waals surface area contributed by atoms with Gasteiger partial charge in [0, 0.05) is 17.9 Å². The first-order chi connectivity index (χ1) is 17.0. The largest absolute Gasteiger partial charge is 0.573 e. The molecule has 188 valence electrons. The number of carbonyl (C=O) groups is 2. The zero-order valence-corrected chi connectivity index (χ0v) is 19.1. The van der Waals surface area contributed by atoms with Crippen molar-refractivity contribution in [2.75, 3.05) is 5.32 Å². The summed E-state index contributed by atoms with van der Waals surface area (Å²) < 4.78 is 41.9. The van der Waals surface area contributed by atoms with Gasteiger partial charge in [0.1, 0.15) is 17.6 Å². The Balaban J connectivity index is 1.46. The van der Waals surface area contributed by atoms with E-state index >= 15 is 0 Å². The lowest BCUT2D eigenvalue weighted by Gasteiger charge is -2.26. The van der Waals surface area contributed by atoms with E-state index in [1.54, 1.807) is 25.1 Å². The van der Waals surface area contributed by atoms with E-state index in [1.165, 1.54) is 16.7 Å². The number of rotatable bonds is 5. The second-order valence-electron chi connectivity index (χ2n) is 8.21. The quantitative estimate of drug-likeness (QED) is 0.491. The van der Waals surface area contributed by atoms with Crippen molar-refractivity contribution in [1.29, 1.82) is 0 Å². The number of aromatic nitrogens is 2. The van der Waals surface area contributed by atoms with E-state index in [-0.39, 0.29) is 23.7 Å². The number of urea groups is 1. The van der Waals surface area contributed by atoms with Crippen LogP contribution in [0.2, 0.25) is 0 Å². The highest BCUT2D eigenvalue weighted by Crippen LogP contribution is 2.24. The van der Waals surface area contributed by atoms with E-state index in [4.69, 9.17) is 0 Å². The molecule has 12 heteroatoms. The van der Waals surface area contributed by atoms with Gasteiger partial charge >= 0.3 is 12.4 Å². The normalized spacial score (nSPS) is 15.9. The maximum absolute atomic E-state index is 13.3. The Labute approximate surface area is 203 Å². The maximum Gasteiger partial charge on any atom is 0.573 e. The van der Waals surface area contributed by atoms with Crippen molar-refractivity contribution in [1.82, 2.24) is 20.2 Å². The van der Waals surface area contributed by atoms with Gasteiger partial charge in [-0.3, -0.25) is 14.2 Å². The summed E-state index contributed by atoms with van der Waals surface area (Å²) in [6, 6.07) is 8.37. The fourth-order valence-corrected chi connectivity index (χ4v) is 3.94. The van der Waals surface area contributed by atoms with Crippen LogP contribution >= 0.6 is 0 Å². The molecule has 1 saturated heterocycles. The van der Waals surface area contributed by atoms with Crippen LogP contribution in [0.4, 0.5) is 23.7 Å². The fraction of sp³-hybridized carbons (Fsp3) is 0.250. The summed E-state index contributed by atoms with van der Waals surface area (Å²) in [7, 11) is 0. The molecule has 36 heavy (non-hydrogen) atoms. The van der Waals surface area contributed by atoms with Gasteiger partial charge in [-0.2, -0.15) is 0 Å². The third-order valence-corrected chi connectivity index (χ3v) is 5.57. The van der Waals surface area contributed by atoms with Gasteiger partial charge in [0.05, 0.1) is 10.9 Å². The predicted molar refractivity (Wildman–Crippen MR) is 125 cm³/mol. The number of nitrogens with one attached hydrogen (secondary N) is 3. The Hall–Kier alpha value is -4.35. The molecule has 0 bridgehead atoms. The van der Waals surface area contributed by atoms with E-state index in [9.17, 15) is 27.6 Å². The fourth-order valence-electron chi connectivity index (χ4n) is 3.94. The molecule has 0 spiro atoms. The van der Waals surface area contributed by atoms with E-state index in [1.807, 2.05) is 0 Å². The Morgan fingerprint density at radius 2 is 1.94 bits per heavy atom. The van der Waals surface area contributed by atoms with Gasteiger partial charge in [-0.25, -0.2) is 9.78 Å². The number of benzene rings is 2. The van der Waals surface area contributed by atoms with Crippen LogP contribution in [0.1, 0.15) is 30.3 Å². The van der Waals surface area contributed by atoms with Crippen LogP contribution in [-0.2, 0) is 11.3 Å². The topological polar surface area (TPSA) is 114 Å². The van der Waals surface area contributed by atoms with Crippen LogP contribution < -0.4 is 26.2 Å². The number of alkyl halides is 3. The second-order valence-corrected chi connectivity index (χ2v) is 8.21. The molecule has 1 fully saturated rings. The van der Waals surface area contributed by atoms with Crippen molar-refractivity contribution in [2.45, 2.75) is 38.7 Å². The molecule has 3 N–H and O–H groups in total. The Morgan fingerprint density at radius 1 is 1.22 bits per heavy atom. The number of ether oxygens (including phenoxy) is 1. The van der Waals surface area contributed by atoms with E-state index in [0.717, 1.165) is 12.1 Å². The standard InChI is InChI=1S/C24H22F3N5O4/c1-13-3-10-20(21(33)29-13)32-14(2)30-19-9-4-15(11-18(19)22(32)34)12-28-23(35)31-16-5-7-17(8-6-16)36-24(25,26)27/h4-9,11,20H,1,3,10,12H2,2H3,(H,29,33)(H2,28,31,35)/t20-/m1/s1. The van der Waals surface area contributed by atoms with E-state index in [2.05, 4.69) is 32.3 Å². The van der Waals surface area contributed by atoms with Crippen molar-refractivity contribution in [3.8, 4) is 5.75 Å². The Bertz CT molecular complexity index is 1400. The van der Waals surface area contributed by atoms with Crippen molar-refractivity contribution >= 4 is 28.5 Å². The Kier molecular flexibility index (Phi) is 6.69. The van der Waals surface area contributed by atoms with E-state index < -0.39 is 24.2 Å². The lowest BCUT2D eigenvalue weighted by Crippen LogP contribution is -2.41. The number of hydrogen-bond donors (Lipinski definition) is 3. The number of piperidine rings is 1. The molecule has 0 saturated carbocycles. The third-order valence-electron chi connectivity index (χ3n) is 5.57. The van der Waals surface area contributed by atoms with Gasteiger partial charge < -0.3 is 20.7 Å². The first-order valence-corrected chi connectivity index (χ1v) is 10.9. The average Bonchev–Trinajstić information content (AvgIpc) is 2.79. The number of nitrogens with zero attached hydrogens (tertiary/aromatic N) is 2. The van der Waals surface area contributed by atoms with Gasteiger partial charge in [-0.05, 0) is 61.7 Å². The summed E-state index contributed by atoms with van der Waals surface area (Å²) in [5.74, 6) is -0.308. The van der Waals surface area contributed by atoms with Crippen LogP contribution in [-0.4, -0.2) is 27.9 Å². The molecule has 4 rings (SSSR count). The van der Waals surface area contributed by atoms with Gasteiger partial charge in [0.15, 0.2) is 0 Å². The summed E-state index contributed by atoms with van der Waals surface area (Å²) in [5.41, 5.74) is 1.58.